The van der Waals surface area contributed by atoms with Crippen LogP contribution in [0, 0.1) is 5.41 Å². The van der Waals surface area contributed by atoms with Gasteiger partial charge in [0.2, 0.25) is 5.91 Å². The molecule has 0 aliphatic carbocycles. The molecule has 0 spiro atoms. The lowest BCUT2D eigenvalue weighted by molar-refractivity contribution is -0.118. The van der Waals surface area contributed by atoms with E-state index >= 15 is 0 Å². The van der Waals surface area contributed by atoms with Crippen molar-refractivity contribution in [3.63, 3.8) is 0 Å². The van der Waals surface area contributed by atoms with E-state index in [0.717, 1.165) is 9.88 Å². The van der Waals surface area contributed by atoms with E-state index in [9.17, 15) is 4.79 Å². The highest BCUT2D eigenvalue weighted by molar-refractivity contribution is 7.12. The van der Waals surface area contributed by atoms with Crippen LogP contribution in [0.5, 0.6) is 0 Å². The van der Waals surface area contributed by atoms with Crippen LogP contribution in [0.1, 0.15) is 57.8 Å². The fraction of sp³-hybridized carbons (Fsp3) is 0.647. The van der Waals surface area contributed by atoms with Crippen molar-refractivity contribution in [2.45, 2.75) is 59.4 Å². The first kappa shape index (κ1) is 18.8. The van der Waals surface area contributed by atoms with Gasteiger partial charge in [-0.1, -0.05) is 41.5 Å². The van der Waals surface area contributed by atoms with E-state index < -0.39 is 0 Å². The Morgan fingerprint density at radius 2 is 2.00 bits per heavy atom. The maximum atomic E-state index is 12.1. The Kier molecular flexibility index (Phi) is 6.32. The lowest BCUT2D eigenvalue weighted by Crippen LogP contribution is -2.43. The van der Waals surface area contributed by atoms with Crippen LogP contribution in [0.15, 0.2) is 12.3 Å². The standard InChI is InChI=1S/C17H28N2O2S/c1-16(2,3)13(9-10-20)19-14(21)8-7-12-11-18-15(22-12)17(4,5)6/h7-8,11,13,20H,9-10H2,1-6H3,(H,19,21)/b8-7+. The smallest absolute Gasteiger partial charge is 0.244 e. The Labute approximate surface area is 137 Å². The zero-order valence-corrected chi connectivity index (χ0v) is 15.3. The average Bonchev–Trinajstić information content (AvgIpc) is 2.83. The molecule has 1 unspecified atom stereocenters. The summed E-state index contributed by atoms with van der Waals surface area (Å²) in [7, 11) is 0. The first-order valence-corrected chi connectivity index (χ1v) is 8.41. The minimum atomic E-state index is -0.140. The second kappa shape index (κ2) is 7.38. The van der Waals surface area contributed by atoms with Crippen LogP contribution in [0.4, 0.5) is 0 Å². The molecule has 0 saturated carbocycles. The van der Waals surface area contributed by atoms with Gasteiger partial charge < -0.3 is 10.4 Å². The maximum Gasteiger partial charge on any atom is 0.244 e. The summed E-state index contributed by atoms with van der Waals surface area (Å²) in [5.74, 6) is -0.140. The molecule has 0 aromatic carbocycles. The van der Waals surface area contributed by atoms with E-state index in [1.54, 1.807) is 23.6 Å². The van der Waals surface area contributed by atoms with Gasteiger partial charge in [0, 0.05) is 35.2 Å². The number of aliphatic hydroxyl groups is 1. The fourth-order valence-corrected chi connectivity index (χ4v) is 2.82. The molecule has 1 amide bonds. The van der Waals surface area contributed by atoms with Crippen molar-refractivity contribution >= 4 is 23.3 Å². The summed E-state index contributed by atoms with van der Waals surface area (Å²) in [5.41, 5.74) is -0.0619. The van der Waals surface area contributed by atoms with E-state index in [0.29, 0.717) is 6.42 Å². The quantitative estimate of drug-likeness (QED) is 0.816. The molecular weight excluding hydrogens is 296 g/mol. The van der Waals surface area contributed by atoms with Crippen molar-refractivity contribution in [3.8, 4) is 0 Å². The minimum absolute atomic E-state index is 0.0253. The molecule has 0 saturated heterocycles. The van der Waals surface area contributed by atoms with Gasteiger partial charge in [-0.2, -0.15) is 0 Å². The molecule has 0 aliphatic heterocycles. The zero-order chi connectivity index (χ0) is 17.0. The summed E-state index contributed by atoms with van der Waals surface area (Å²) in [4.78, 5) is 17.4. The Balaban J connectivity index is 2.69. The van der Waals surface area contributed by atoms with Crippen LogP contribution in [0.2, 0.25) is 0 Å². The second-order valence-corrected chi connectivity index (χ2v) is 8.65. The lowest BCUT2D eigenvalue weighted by atomic mass is 9.85. The van der Waals surface area contributed by atoms with Crippen LogP contribution < -0.4 is 5.32 Å². The molecule has 2 N–H and O–H groups in total. The van der Waals surface area contributed by atoms with E-state index in [-0.39, 0.29) is 29.4 Å². The van der Waals surface area contributed by atoms with Gasteiger partial charge in [0.25, 0.3) is 0 Å². The summed E-state index contributed by atoms with van der Waals surface area (Å²) in [6, 6.07) is -0.0544. The van der Waals surface area contributed by atoms with Gasteiger partial charge in [-0.25, -0.2) is 4.98 Å². The molecule has 0 fully saturated rings. The van der Waals surface area contributed by atoms with Crippen molar-refractivity contribution < 1.29 is 9.90 Å². The molecule has 1 rings (SSSR count). The number of carbonyl (C=O) groups is 1. The number of carbonyl (C=O) groups excluding carboxylic acids is 1. The van der Waals surface area contributed by atoms with E-state index in [1.165, 1.54) is 6.08 Å². The first-order chi connectivity index (χ1) is 10.0. The molecule has 0 radical (unpaired) electrons. The van der Waals surface area contributed by atoms with Crippen molar-refractivity contribution in [1.29, 1.82) is 0 Å². The number of hydrogen-bond donors (Lipinski definition) is 2. The van der Waals surface area contributed by atoms with Crippen molar-refractivity contribution in [2.24, 2.45) is 5.41 Å². The van der Waals surface area contributed by atoms with Crippen LogP contribution >= 0.6 is 11.3 Å². The number of nitrogens with one attached hydrogen (secondary N) is 1. The normalized spacial score (nSPS) is 14.3. The molecule has 1 aromatic rings. The van der Waals surface area contributed by atoms with E-state index in [1.807, 2.05) is 0 Å². The van der Waals surface area contributed by atoms with Crippen LogP contribution in [-0.4, -0.2) is 28.6 Å². The van der Waals surface area contributed by atoms with Gasteiger partial charge in [-0.05, 0) is 17.9 Å². The van der Waals surface area contributed by atoms with Crippen LogP contribution in [0.25, 0.3) is 6.08 Å². The van der Waals surface area contributed by atoms with Gasteiger partial charge in [0.05, 0.1) is 5.01 Å². The molecule has 1 atom stereocenters. The molecule has 0 bridgehead atoms. The number of hydrogen-bond acceptors (Lipinski definition) is 4. The predicted molar refractivity (Wildman–Crippen MR) is 92.9 cm³/mol. The average molecular weight is 324 g/mol. The summed E-state index contributed by atoms with van der Waals surface area (Å²) in [5, 5.41) is 13.1. The van der Waals surface area contributed by atoms with E-state index in [4.69, 9.17) is 5.11 Å². The monoisotopic (exact) mass is 324 g/mol. The van der Waals surface area contributed by atoms with Gasteiger partial charge in [0.15, 0.2) is 0 Å². The molecule has 1 heterocycles. The number of amides is 1. The van der Waals surface area contributed by atoms with Crippen molar-refractivity contribution in [2.75, 3.05) is 6.61 Å². The third-order valence-electron chi connectivity index (χ3n) is 3.34. The number of thiazole rings is 1. The molecular formula is C17H28N2O2S. The molecule has 0 aliphatic rings. The highest BCUT2D eigenvalue weighted by Gasteiger charge is 2.25. The number of aliphatic hydroxyl groups excluding tert-OH is 1. The van der Waals surface area contributed by atoms with Crippen molar-refractivity contribution in [1.82, 2.24) is 10.3 Å². The van der Waals surface area contributed by atoms with E-state index in [2.05, 4.69) is 51.8 Å². The second-order valence-electron chi connectivity index (χ2n) is 7.59. The molecule has 1 aromatic heterocycles. The largest absolute Gasteiger partial charge is 0.396 e. The number of aromatic nitrogens is 1. The maximum absolute atomic E-state index is 12.1. The third-order valence-corrected chi connectivity index (χ3v) is 4.73. The molecule has 4 nitrogen and oxygen atoms in total. The Morgan fingerprint density at radius 3 is 2.45 bits per heavy atom. The molecule has 5 heteroatoms. The number of nitrogens with zero attached hydrogens (tertiary/aromatic N) is 1. The topological polar surface area (TPSA) is 62.2 Å². The predicted octanol–water partition coefficient (Wildman–Crippen LogP) is 3.37. The van der Waals surface area contributed by atoms with Gasteiger partial charge in [0.1, 0.15) is 0 Å². The Morgan fingerprint density at radius 1 is 1.36 bits per heavy atom. The fourth-order valence-electron chi connectivity index (χ4n) is 1.94. The van der Waals surface area contributed by atoms with Crippen LogP contribution in [0.3, 0.4) is 0 Å². The minimum Gasteiger partial charge on any atom is -0.396 e. The van der Waals surface area contributed by atoms with Gasteiger partial charge in [-0.15, -0.1) is 11.3 Å². The Bertz CT molecular complexity index is 521. The SMILES string of the molecule is CC(C)(C)c1ncc(/C=C/C(=O)NC(CCO)C(C)(C)C)s1. The van der Waals surface area contributed by atoms with Crippen LogP contribution in [-0.2, 0) is 10.2 Å². The van der Waals surface area contributed by atoms with Gasteiger partial charge >= 0.3 is 0 Å². The summed E-state index contributed by atoms with van der Waals surface area (Å²) < 4.78 is 0. The highest BCUT2D eigenvalue weighted by atomic mass is 32.1. The molecule has 124 valence electrons. The summed E-state index contributed by atoms with van der Waals surface area (Å²) in [6.45, 7) is 12.6. The Hall–Kier alpha value is -1.20. The summed E-state index contributed by atoms with van der Waals surface area (Å²) in [6.07, 6.45) is 5.68. The highest BCUT2D eigenvalue weighted by Crippen LogP contribution is 2.27. The molecule has 22 heavy (non-hydrogen) atoms. The number of rotatable bonds is 5. The van der Waals surface area contributed by atoms with Gasteiger partial charge in [-0.3, -0.25) is 4.79 Å². The van der Waals surface area contributed by atoms with Crippen molar-refractivity contribution in [3.05, 3.63) is 22.2 Å². The third kappa shape index (κ3) is 5.89. The zero-order valence-electron chi connectivity index (χ0n) is 14.4. The first-order valence-electron chi connectivity index (χ1n) is 7.60. The lowest BCUT2D eigenvalue weighted by Gasteiger charge is -2.30. The summed E-state index contributed by atoms with van der Waals surface area (Å²) >= 11 is 1.60.